The molecule has 1 fully saturated rings. The Bertz CT molecular complexity index is 929. The molecule has 1 aromatic heterocycles. The lowest BCUT2D eigenvalue weighted by Crippen LogP contribution is -2.38. The van der Waals surface area contributed by atoms with Crippen LogP contribution in [0.4, 0.5) is 13.2 Å². The van der Waals surface area contributed by atoms with E-state index in [-0.39, 0.29) is 11.4 Å². The van der Waals surface area contributed by atoms with E-state index in [0.717, 1.165) is 29.9 Å². The molecule has 1 aromatic carbocycles. The van der Waals surface area contributed by atoms with Crippen LogP contribution >= 0.6 is 22.9 Å². The zero-order chi connectivity index (χ0) is 19.8. The maximum absolute atomic E-state index is 13.2. The number of hydrogen-bond acceptors (Lipinski definition) is 4. The van der Waals surface area contributed by atoms with E-state index in [2.05, 4.69) is 4.98 Å². The molecule has 2 aromatic rings. The minimum atomic E-state index is -4.59. The Labute approximate surface area is 165 Å². The fourth-order valence-electron chi connectivity index (χ4n) is 3.09. The van der Waals surface area contributed by atoms with Crippen molar-refractivity contribution in [3.8, 4) is 0 Å². The van der Waals surface area contributed by atoms with Crippen molar-refractivity contribution in [2.75, 3.05) is 6.54 Å². The molecular weight excluding hydrogens is 421 g/mol. The first kappa shape index (κ1) is 20.6. The predicted octanol–water partition coefficient (Wildman–Crippen LogP) is 5.29. The molecule has 0 spiro atoms. The number of piperidine rings is 1. The minimum Gasteiger partial charge on any atom is -0.248 e. The standard InChI is InChI=1S/C17H18ClF3N2O2S2/c1-2-12-10-22-16(26-12)14-5-3-4-8-23(14)27(24,25)15-7-6-11(9-13(15)18)17(19,20)21/h6-7,9-10,14H,2-5,8H2,1H3/t14-/m0/s1. The highest BCUT2D eigenvalue weighted by atomic mass is 35.5. The molecule has 1 atom stereocenters. The zero-order valence-corrected chi connectivity index (χ0v) is 16.9. The van der Waals surface area contributed by atoms with Gasteiger partial charge in [0.1, 0.15) is 9.90 Å². The predicted molar refractivity (Wildman–Crippen MR) is 98.4 cm³/mol. The van der Waals surface area contributed by atoms with Crippen LogP contribution in [0.3, 0.4) is 0 Å². The first-order chi connectivity index (χ1) is 12.6. The number of alkyl halides is 3. The van der Waals surface area contributed by atoms with Crippen molar-refractivity contribution in [1.29, 1.82) is 0 Å². The van der Waals surface area contributed by atoms with Gasteiger partial charge in [-0.15, -0.1) is 11.3 Å². The summed E-state index contributed by atoms with van der Waals surface area (Å²) in [5, 5.41) is 0.278. The van der Waals surface area contributed by atoms with Gasteiger partial charge in [0, 0.05) is 17.6 Å². The van der Waals surface area contributed by atoms with Gasteiger partial charge < -0.3 is 0 Å². The number of aromatic nitrogens is 1. The van der Waals surface area contributed by atoms with Crippen molar-refractivity contribution in [3.05, 3.63) is 44.9 Å². The summed E-state index contributed by atoms with van der Waals surface area (Å²) in [7, 11) is -4.05. The van der Waals surface area contributed by atoms with Gasteiger partial charge >= 0.3 is 6.18 Å². The largest absolute Gasteiger partial charge is 0.416 e. The van der Waals surface area contributed by atoms with Crippen molar-refractivity contribution in [2.45, 2.75) is 49.7 Å². The first-order valence-electron chi connectivity index (χ1n) is 8.47. The molecule has 0 amide bonds. The van der Waals surface area contributed by atoms with E-state index in [9.17, 15) is 21.6 Å². The normalized spacial score (nSPS) is 19.4. The highest BCUT2D eigenvalue weighted by Gasteiger charge is 2.38. The van der Waals surface area contributed by atoms with Crippen LogP contribution in [0.25, 0.3) is 0 Å². The Hall–Kier alpha value is -1.16. The van der Waals surface area contributed by atoms with Crippen LogP contribution in [0.1, 0.15) is 47.7 Å². The summed E-state index contributed by atoms with van der Waals surface area (Å²) >= 11 is 7.41. The summed E-state index contributed by atoms with van der Waals surface area (Å²) in [5.41, 5.74) is -0.978. The van der Waals surface area contributed by atoms with Crippen LogP contribution < -0.4 is 0 Å². The highest BCUT2D eigenvalue weighted by Crippen LogP contribution is 2.40. The fraction of sp³-hybridized carbons (Fsp3) is 0.471. The molecule has 0 aliphatic carbocycles. The average Bonchev–Trinajstić information content (AvgIpc) is 3.09. The number of sulfonamides is 1. The van der Waals surface area contributed by atoms with Crippen LogP contribution in [-0.4, -0.2) is 24.3 Å². The molecule has 0 bridgehead atoms. The Morgan fingerprint density at radius 2 is 2.07 bits per heavy atom. The van der Waals surface area contributed by atoms with Gasteiger partial charge in [-0.1, -0.05) is 24.9 Å². The molecule has 0 unspecified atom stereocenters. The molecule has 0 N–H and O–H groups in total. The lowest BCUT2D eigenvalue weighted by atomic mass is 10.1. The van der Waals surface area contributed by atoms with Crippen LogP contribution in [0.2, 0.25) is 5.02 Å². The third-order valence-electron chi connectivity index (χ3n) is 4.50. The number of hydrogen-bond donors (Lipinski definition) is 0. The SMILES string of the molecule is CCc1cnc([C@@H]2CCCCN2S(=O)(=O)c2ccc(C(F)(F)F)cc2Cl)s1. The van der Waals surface area contributed by atoms with Gasteiger partial charge in [-0.3, -0.25) is 0 Å². The molecule has 27 heavy (non-hydrogen) atoms. The van der Waals surface area contributed by atoms with Gasteiger partial charge in [0.25, 0.3) is 0 Å². The molecule has 1 saturated heterocycles. The van der Waals surface area contributed by atoms with Crippen LogP contribution in [-0.2, 0) is 22.6 Å². The smallest absolute Gasteiger partial charge is 0.248 e. The van der Waals surface area contributed by atoms with E-state index in [4.69, 9.17) is 11.6 Å². The highest BCUT2D eigenvalue weighted by molar-refractivity contribution is 7.89. The van der Waals surface area contributed by atoms with Gasteiger partial charge in [-0.25, -0.2) is 13.4 Å². The van der Waals surface area contributed by atoms with E-state index in [0.29, 0.717) is 23.9 Å². The molecular formula is C17H18ClF3N2O2S2. The molecule has 1 aliphatic heterocycles. The number of thiazole rings is 1. The lowest BCUT2D eigenvalue weighted by Gasteiger charge is -2.33. The maximum Gasteiger partial charge on any atom is 0.416 e. The van der Waals surface area contributed by atoms with E-state index in [1.165, 1.54) is 15.6 Å². The number of aryl methyl sites for hydroxylation is 1. The van der Waals surface area contributed by atoms with Crippen molar-refractivity contribution in [1.82, 2.24) is 9.29 Å². The Balaban J connectivity index is 1.99. The van der Waals surface area contributed by atoms with Gasteiger partial charge in [0.05, 0.1) is 16.6 Å². The number of halogens is 4. The summed E-state index contributed by atoms with van der Waals surface area (Å²) in [6.45, 7) is 2.28. The van der Waals surface area contributed by atoms with E-state index in [1.807, 2.05) is 6.92 Å². The second-order valence-corrected chi connectivity index (χ2v) is 9.70. The fourth-order valence-corrected chi connectivity index (χ4v) is 6.34. The molecule has 4 nitrogen and oxygen atoms in total. The minimum absolute atomic E-state index is 0.283. The third kappa shape index (κ3) is 4.16. The quantitative estimate of drug-likeness (QED) is 0.651. The van der Waals surface area contributed by atoms with Crippen molar-refractivity contribution in [2.24, 2.45) is 0 Å². The van der Waals surface area contributed by atoms with Crippen LogP contribution in [0.15, 0.2) is 29.3 Å². The van der Waals surface area contributed by atoms with Crippen LogP contribution in [0.5, 0.6) is 0 Å². The molecule has 0 radical (unpaired) electrons. The topological polar surface area (TPSA) is 50.3 Å². The number of nitrogens with zero attached hydrogens (tertiary/aromatic N) is 2. The third-order valence-corrected chi connectivity index (χ3v) is 8.14. The molecule has 2 heterocycles. The maximum atomic E-state index is 13.2. The van der Waals surface area contributed by atoms with E-state index >= 15 is 0 Å². The Morgan fingerprint density at radius 3 is 2.67 bits per heavy atom. The summed E-state index contributed by atoms with van der Waals surface area (Å²) in [6, 6.07) is 1.92. The monoisotopic (exact) mass is 438 g/mol. The second kappa shape index (κ2) is 7.69. The van der Waals surface area contributed by atoms with E-state index in [1.54, 1.807) is 6.20 Å². The van der Waals surface area contributed by atoms with E-state index < -0.39 is 32.8 Å². The second-order valence-electron chi connectivity index (χ2n) is 6.29. The van der Waals surface area contributed by atoms with Gasteiger partial charge in [-0.05, 0) is 37.5 Å². The zero-order valence-electron chi connectivity index (χ0n) is 14.5. The molecule has 10 heteroatoms. The Morgan fingerprint density at radius 1 is 1.33 bits per heavy atom. The van der Waals surface area contributed by atoms with Gasteiger partial charge in [0.15, 0.2) is 0 Å². The first-order valence-corrected chi connectivity index (χ1v) is 11.1. The summed E-state index contributed by atoms with van der Waals surface area (Å²) in [5.74, 6) is 0. The summed E-state index contributed by atoms with van der Waals surface area (Å²) in [4.78, 5) is 5.11. The summed E-state index contributed by atoms with van der Waals surface area (Å²) in [6.07, 6.45) is 0.121. The summed E-state index contributed by atoms with van der Waals surface area (Å²) < 4.78 is 66.2. The lowest BCUT2D eigenvalue weighted by molar-refractivity contribution is -0.137. The molecule has 0 saturated carbocycles. The number of benzene rings is 1. The molecule has 3 rings (SSSR count). The van der Waals surface area contributed by atoms with Crippen molar-refractivity contribution in [3.63, 3.8) is 0 Å². The molecule has 1 aliphatic rings. The van der Waals surface area contributed by atoms with Gasteiger partial charge in [0.2, 0.25) is 10.0 Å². The van der Waals surface area contributed by atoms with Crippen LogP contribution in [0, 0.1) is 0 Å². The van der Waals surface area contributed by atoms with Crippen molar-refractivity contribution < 1.29 is 21.6 Å². The van der Waals surface area contributed by atoms with Gasteiger partial charge in [-0.2, -0.15) is 17.5 Å². The number of rotatable bonds is 4. The van der Waals surface area contributed by atoms with Crippen molar-refractivity contribution >= 4 is 33.0 Å². The average molecular weight is 439 g/mol. The molecule has 148 valence electrons. The Kier molecular flexibility index (Phi) is 5.86.